The summed E-state index contributed by atoms with van der Waals surface area (Å²) in [5.74, 6) is 0.510. The summed E-state index contributed by atoms with van der Waals surface area (Å²) in [5, 5.41) is 22.0. The predicted molar refractivity (Wildman–Crippen MR) is 118 cm³/mol. The number of benzene rings is 1. The fourth-order valence-electron chi connectivity index (χ4n) is 4.70. The number of esters is 1. The van der Waals surface area contributed by atoms with Crippen LogP contribution in [0.4, 0.5) is 0 Å². The lowest BCUT2D eigenvalue weighted by Gasteiger charge is -2.33. The quantitative estimate of drug-likeness (QED) is 0.466. The summed E-state index contributed by atoms with van der Waals surface area (Å²) >= 11 is 2.00. The second kappa shape index (κ2) is 11.2. The highest BCUT2D eigenvalue weighted by Gasteiger charge is 2.44. The number of aliphatic hydroxyl groups excluding tert-OH is 2. The summed E-state index contributed by atoms with van der Waals surface area (Å²) in [6.45, 7) is 0. The van der Waals surface area contributed by atoms with Gasteiger partial charge in [0.2, 0.25) is 0 Å². The molecule has 4 nitrogen and oxygen atoms in total. The van der Waals surface area contributed by atoms with Crippen molar-refractivity contribution in [2.75, 3.05) is 7.11 Å². The summed E-state index contributed by atoms with van der Waals surface area (Å²) in [4.78, 5) is 11.3. The Balaban J connectivity index is 1.44. The maximum atomic E-state index is 11.3. The van der Waals surface area contributed by atoms with Gasteiger partial charge >= 0.3 is 5.97 Å². The first-order chi connectivity index (χ1) is 14.1. The van der Waals surface area contributed by atoms with E-state index in [4.69, 9.17) is 4.74 Å². The molecule has 1 aromatic rings. The van der Waals surface area contributed by atoms with Crippen LogP contribution in [0.15, 0.2) is 42.5 Å². The first kappa shape index (κ1) is 22.4. The lowest BCUT2D eigenvalue weighted by molar-refractivity contribution is -0.140. The zero-order chi connectivity index (χ0) is 20.6. The van der Waals surface area contributed by atoms with Crippen molar-refractivity contribution < 1.29 is 19.7 Å². The normalized spacial score (nSPS) is 30.2. The molecule has 2 aliphatic rings. The van der Waals surface area contributed by atoms with Crippen molar-refractivity contribution in [2.24, 2.45) is 11.8 Å². The minimum absolute atomic E-state index is 0.129. The number of fused-ring (bicyclic) bond motifs is 1. The number of hydrogen-bond acceptors (Lipinski definition) is 5. The Morgan fingerprint density at radius 2 is 2.10 bits per heavy atom. The van der Waals surface area contributed by atoms with Crippen LogP contribution < -0.4 is 0 Å². The highest BCUT2D eigenvalue weighted by atomic mass is 32.2. The number of aryl methyl sites for hydroxylation is 1. The van der Waals surface area contributed by atoms with Gasteiger partial charge in [-0.25, -0.2) is 0 Å². The zero-order valence-electron chi connectivity index (χ0n) is 17.3. The van der Waals surface area contributed by atoms with Crippen molar-refractivity contribution in [3.8, 4) is 0 Å². The van der Waals surface area contributed by atoms with E-state index in [9.17, 15) is 15.0 Å². The fraction of sp³-hybridized carbons (Fsp3) is 0.625. The highest BCUT2D eigenvalue weighted by molar-refractivity contribution is 8.00. The fourth-order valence-corrected chi connectivity index (χ4v) is 6.60. The van der Waals surface area contributed by atoms with E-state index in [1.807, 2.05) is 36.0 Å². The van der Waals surface area contributed by atoms with Gasteiger partial charge in [-0.05, 0) is 56.4 Å². The molecule has 1 saturated heterocycles. The lowest BCUT2D eigenvalue weighted by atomic mass is 9.88. The smallest absolute Gasteiger partial charge is 0.305 e. The summed E-state index contributed by atoms with van der Waals surface area (Å²) in [6, 6.07) is 10.2. The number of hydrogen-bond donors (Lipinski definition) is 2. The van der Waals surface area contributed by atoms with Gasteiger partial charge in [0.25, 0.3) is 0 Å². The molecule has 3 rings (SSSR count). The summed E-state index contributed by atoms with van der Waals surface area (Å²) in [7, 11) is 1.44. The number of ether oxygens (including phenoxy) is 1. The molecule has 160 valence electrons. The van der Waals surface area contributed by atoms with Gasteiger partial charge in [0.05, 0.1) is 19.3 Å². The van der Waals surface area contributed by atoms with Gasteiger partial charge in [-0.3, -0.25) is 4.79 Å². The standard InChI is InChI=1S/C24H34O4S/c1-28-24(27)9-5-8-19-13-15-21-20(22(26)16-23(21)29-19)14-12-18(25)11-10-17-6-3-2-4-7-17/h2-4,6-7,12,14,18-23,25-26H,5,8-11,13,15-16H2,1H3/t18-,19-,20+,21+,22+,23-/m0/s1. The molecule has 5 heteroatoms. The molecule has 2 N–H and O–H groups in total. The van der Waals surface area contributed by atoms with Gasteiger partial charge in [0.15, 0.2) is 0 Å². The van der Waals surface area contributed by atoms with E-state index in [-0.39, 0.29) is 18.0 Å². The first-order valence-electron chi connectivity index (χ1n) is 10.9. The van der Waals surface area contributed by atoms with Gasteiger partial charge < -0.3 is 14.9 Å². The minimum atomic E-state index is -0.469. The number of aliphatic hydroxyl groups is 2. The van der Waals surface area contributed by atoms with Crippen LogP contribution in [0.5, 0.6) is 0 Å². The molecule has 2 fully saturated rings. The van der Waals surface area contributed by atoms with Crippen molar-refractivity contribution >= 4 is 17.7 Å². The maximum absolute atomic E-state index is 11.3. The third kappa shape index (κ3) is 6.59. The van der Waals surface area contributed by atoms with E-state index in [1.54, 1.807) is 0 Å². The molecule has 29 heavy (non-hydrogen) atoms. The molecule has 1 heterocycles. The van der Waals surface area contributed by atoms with Crippen LogP contribution in [0.25, 0.3) is 0 Å². The van der Waals surface area contributed by atoms with Crippen molar-refractivity contribution in [2.45, 2.75) is 74.1 Å². The average molecular weight is 419 g/mol. The second-order valence-corrected chi connectivity index (χ2v) is 9.91. The Morgan fingerprint density at radius 3 is 2.86 bits per heavy atom. The molecule has 1 aromatic carbocycles. The van der Waals surface area contributed by atoms with Crippen LogP contribution in [0.3, 0.4) is 0 Å². The zero-order valence-corrected chi connectivity index (χ0v) is 18.1. The van der Waals surface area contributed by atoms with Crippen molar-refractivity contribution in [1.29, 1.82) is 0 Å². The number of carbonyl (C=O) groups excluding carboxylic acids is 1. The van der Waals surface area contributed by atoms with Gasteiger partial charge in [-0.15, -0.1) is 0 Å². The van der Waals surface area contributed by atoms with Gasteiger partial charge in [-0.2, -0.15) is 11.8 Å². The van der Waals surface area contributed by atoms with Crippen LogP contribution in [-0.4, -0.2) is 46.0 Å². The molecule has 1 aliphatic heterocycles. The Kier molecular flexibility index (Phi) is 8.64. The number of rotatable bonds is 9. The van der Waals surface area contributed by atoms with Crippen LogP contribution in [-0.2, 0) is 16.0 Å². The molecule has 1 saturated carbocycles. The molecule has 0 aromatic heterocycles. The Morgan fingerprint density at radius 1 is 1.31 bits per heavy atom. The molecular weight excluding hydrogens is 384 g/mol. The molecule has 0 spiro atoms. The number of methoxy groups -OCH3 is 1. The van der Waals surface area contributed by atoms with Gasteiger partial charge in [0, 0.05) is 22.8 Å². The third-order valence-corrected chi connectivity index (χ3v) is 8.09. The highest BCUT2D eigenvalue weighted by Crippen LogP contribution is 2.49. The summed E-state index contributed by atoms with van der Waals surface area (Å²) in [6.07, 6.45) is 10.2. The largest absolute Gasteiger partial charge is 0.469 e. The van der Waals surface area contributed by atoms with Crippen LogP contribution in [0.2, 0.25) is 0 Å². The summed E-state index contributed by atoms with van der Waals surface area (Å²) in [5.41, 5.74) is 1.24. The number of thioether (sulfide) groups is 1. The second-order valence-electron chi connectivity index (χ2n) is 8.36. The topological polar surface area (TPSA) is 66.8 Å². The van der Waals surface area contributed by atoms with Crippen molar-refractivity contribution in [3.05, 3.63) is 48.0 Å². The first-order valence-corrected chi connectivity index (χ1v) is 11.8. The predicted octanol–water partition coefficient (Wildman–Crippen LogP) is 4.14. The Hall–Kier alpha value is -1.30. The van der Waals surface area contributed by atoms with Crippen LogP contribution >= 0.6 is 11.8 Å². The van der Waals surface area contributed by atoms with E-state index in [0.717, 1.165) is 38.5 Å². The molecule has 0 radical (unpaired) electrons. The Labute approximate surface area is 178 Å². The molecule has 6 atom stereocenters. The summed E-state index contributed by atoms with van der Waals surface area (Å²) < 4.78 is 4.72. The van der Waals surface area contributed by atoms with Gasteiger partial charge in [0.1, 0.15) is 0 Å². The minimum Gasteiger partial charge on any atom is -0.469 e. The van der Waals surface area contributed by atoms with Crippen LogP contribution in [0, 0.1) is 11.8 Å². The van der Waals surface area contributed by atoms with Crippen molar-refractivity contribution in [1.82, 2.24) is 0 Å². The van der Waals surface area contributed by atoms with Crippen molar-refractivity contribution in [3.63, 3.8) is 0 Å². The molecule has 0 amide bonds. The Bertz CT molecular complexity index is 662. The molecule has 0 unspecified atom stereocenters. The van der Waals surface area contributed by atoms with Gasteiger partial charge in [-0.1, -0.05) is 42.5 Å². The van der Waals surface area contributed by atoms with E-state index in [2.05, 4.69) is 18.2 Å². The molecule has 0 bridgehead atoms. The van der Waals surface area contributed by atoms with E-state index >= 15 is 0 Å². The molecular formula is C24H34O4S. The lowest BCUT2D eigenvalue weighted by Crippen LogP contribution is -2.26. The third-order valence-electron chi connectivity index (χ3n) is 6.34. The molecule has 1 aliphatic carbocycles. The van der Waals surface area contributed by atoms with Crippen LogP contribution in [0.1, 0.15) is 50.5 Å². The van der Waals surface area contributed by atoms with E-state index in [0.29, 0.717) is 29.3 Å². The van der Waals surface area contributed by atoms with E-state index < -0.39 is 6.10 Å². The average Bonchev–Trinajstić information content (AvgIpc) is 3.05. The maximum Gasteiger partial charge on any atom is 0.305 e. The number of carbonyl (C=O) groups is 1. The van der Waals surface area contributed by atoms with E-state index in [1.165, 1.54) is 12.7 Å². The monoisotopic (exact) mass is 418 g/mol. The SMILES string of the molecule is COC(=O)CCC[C@H]1CC[C@@H]2[C@@H](C=C[C@@H](O)CCc3ccccc3)[C@H](O)C[C@@H]2S1.